The molecule has 0 amide bonds. The Labute approximate surface area is 114 Å². The van der Waals surface area contributed by atoms with E-state index in [4.69, 9.17) is 15.2 Å². The topological polar surface area (TPSA) is 70.3 Å². The Morgan fingerprint density at radius 3 is 2.74 bits per heavy atom. The Morgan fingerprint density at radius 1 is 1.21 bits per heavy atom. The molecule has 1 heterocycles. The van der Waals surface area contributed by atoms with E-state index in [2.05, 4.69) is 9.97 Å². The Balaban J connectivity index is 1.89. The molecule has 5 heteroatoms. The lowest BCUT2D eigenvalue weighted by atomic mass is 10.0. The number of anilines is 1. The number of methoxy groups -OCH3 is 1. The lowest BCUT2D eigenvalue weighted by Gasteiger charge is -2.11. The molecule has 0 aliphatic heterocycles. The number of rotatable bonds is 7. The molecule has 0 saturated heterocycles. The highest BCUT2D eigenvalue weighted by molar-refractivity contribution is 5.31. The summed E-state index contributed by atoms with van der Waals surface area (Å²) in [6.07, 6.45) is 5.74. The molecule has 0 spiro atoms. The van der Waals surface area contributed by atoms with Crippen LogP contribution in [-0.4, -0.2) is 36.9 Å². The Hall–Kier alpha value is -1.20. The Bertz CT molecular complexity index is 392. The van der Waals surface area contributed by atoms with Gasteiger partial charge in [-0.25, -0.2) is 9.97 Å². The highest BCUT2D eigenvalue weighted by atomic mass is 16.5. The molecule has 2 N–H and O–H groups in total. The maximum Gasteiger partial charge on any atom is 0.133 e. The summed E-state index contributed by atoms with van der Waals surface area (Å²) in [6.45, 7) is 1.83. The van der Waals surface area contributed by atoms with Gasteiger partial charge in [0.15, 0.2) is 0 Å². The predicted octanol–water partition coefficient (Wildman–Crippen LogP) is 1.92. The minimum Gasteiger partial charge on any atom is -0.384 e. The van der Waals surface area contributed by atoms with Gasteiger partial charge in [0.1, 0.15) is 11.6 Å². The van der Waals surface area contributed by atoms with E-state index in [1.807, 2.05) is 6.07 Å². The second-order valence-corrected chi connectivity index (χ2v) is 4.97. The van der Waals surface area contributed by atoms with Crippen molar-refractivity contribution in [2.75, 3.05) is 32.7 Å². The van der Waals surface area contributed by atoms with Gasteiger partial charge in [0.25, 0.3) is 0 Å². The fourth-order valence-corrected chi connectivity index (χ4v) is 2.49. The van der Waals surface area contributed by atoms with Crippen molar-refractivity contribution in [3.8, 4) is 0 Å². The molecule has 0 bridgehead atoms. The molecule has 0 aromatic carbocycles. The van der Waals surface area contributed by atoms with Crippen molar-refractivity contribution in [3.63, 3.8) is 0 Å². The molecule has 1 aliphatic rings. The number of nitrogens with zero attached hydrogens (tertiary/aromatic N) is 2. The molecule has 0 atom stereocenters. The summed E-state index contributed by atoms with van der Waals surface area (Å²) in [5, 5.41) is 0. The van der Waals surface area contributed by atoms with E-state index in [0.717, 1.165) is 11.5 Å². The van der Waals surface area contributed by atoms with Gasteiger partial charge in [0.2, 0.25) is 0 Å². The van der Waals surface area contributed by atoms with Gasteiger partial charge in [-0.15, -0.1) is 0 Å². The third-order valence-corrected chi connectivity index (χ3v) is 3.49. The van der Waals surface area contributed by atoms with Gasteiger partial charge in [0, 0.05) is 31.2 Å². The SMILES string of the molecule is COCCOCCc1nc(N)cc(C2CCCC2)n1. The van der Waals surface area contributed by atoms with Crippen molar-refractivity contribution in [2.45, 2.75) is 38.0 Å². The van der Waals surface area contributed by atoms with E-state index in [9.17, 15) is 0 Å². The smallest absolute Gasteiger partial charge is 0.133 e. The van der Waals surface area contributed by atoms with E-state index in [1.54, 1.807) is 7.11 Å². The number of hydrogen-bond acceptors (Lipinski definition) is 5. The predicted molar refractivity (Wildman–Crippen MR) is 74.1 cm³/mol. The Kier molecular flexibility index (Phi) is 5.54. The molecule has 1 fully saturated rings. The van der Waals surface area contributed by atoms with Crippen LogP contribution in [0.1, 0.15) is 43.1 Å². The molecule has 106 valence electrons. The van der Waals surface area contributed by atoms with Crippen LogP contribution in [0.15, 0.2) is 6.07 Å². The van der Waals surface area contributed by atoms with Gasteiger partial charge in [-0.2, -0.15) is 0 Å². The summed E-state index contributed by atoms with van der Waals surface area (Å²) in [7, 11) is 1.66. The van der Waals surface area contributed by atoms with Crippen LogP contribution in [-0.2, 0) is 15.9 Å². The van der Waals surface area contributed by atoms with Crippen LogP contribution in [0.3, 0.4) is 0 Å². The summed E-state index contributed by atoms with van der Waals surface area (Å²) in [6, 6.07) is 1.92. The van der Waals surface area contributed by atoms with Gasteiger partial charge in [-0.05, 0) is 12.8 Å². The number of nitrogen functional groups attached to an aromatic ring is 1. The lowest BCUT2D eigenvalue weighted by molar-refractivity contribution is 0.0716. The molecule has 1 aromatic heterocycles. The zero-order valence-corrected chi connectivity index (χ0v) is 11.6. The van der Waals surface area contributed by atoms with Crippen molar-refractivity contribution < 1.29 is 9.47 Å². The summed E-state index contributed by atoms with van der Waals surface area (Å²) < 4.78 is 10.4. The quantitative estimate of drug-likeness (QED) is 0.763. The first-order valence-electron chi connectivity index (χ1n) is 6.99. The number of ether oxygens (including phenoxy) is 2. The van der Waals surface area contributed by atoms with Gasteiger partial charge in [0.05, 0.1) is 19.8 Å². The van der Waals surface area contributed by atoms with Crippen LogP contribution in [0.25, 0.3) is 0 Å². The van der Waals surface area contributed by atoms with Crippen LogP contribution in [0.2, 0.25) is 0 Å². The number of aromatic nitrogens is 2. The molecule has 5 nitrogen and oxygen atoms in total. The van der Waals surface area contributed by atoms with E-state index in [0.29, 0.717) is 38.0 Å². The summed E-state index contributed by atoms with van der Waals surface area (Å²) in [5.74, 6) is 1.93. The van der Waals surface area contributed by atoms with E-state index < -0.39 is 0 Å². The fraction of sp³-hybridized carbons (Fsp3) is 0.714. The van der Waals surface area contributed by atoms with Crippen molar-refractivity contribution in [1.29, 1.82) is 0 Å². The van der Waals surface area contributed by atoms with Crippen LogP contribution in [0.4, 0.5) is 5.82 Å². The second kappa shape index (κ2) is 7.40. The highest BCUT2D eigenvalue weighted by Crippen LogP contribution is 2.33. The van der Waals surface area contributed by atoms with E-state index >= 15 is 0 Å². The molecule has 1 aliphatic carbocycles. The van der Waals surface area contributed by atoms with Gasteiger partial charge in [-0.3, -0.25) is 0 Å². The summed E-state index contributed by atoms with van der Waals surface area (Å²) >= 11 is 0. The highest BCUT2D eigenvalue weighted by Gasteiger charge is 2.19. The lowest BCUT2D eigenvalue weighted by Crippen LogP contribution is -2.10. The Morgan fingerprint density at radius 2 is 2.00 bits per heavy atom. The molecule has 0 radical (unpaired) electrons. The maximum atomic E-state index is 5.87. The van der Waals surface area contributed by atoms with E-state index in [1.165, 1.54) is 25.7 Å². The molecular formula is C14H23N3O2. The van der Waals surface area contributed by atoms with Crippen molar-refractivity contribution in [2.24, 2.45) is 0 Å². The van der Waals surface area contributed by atoms with Crippen LogP contribution in [0.5, 0.6) is 0 Å². The largest absolute Gasteiger partial charge is 0.384 e. The first-order valence-corrected chi connectivity index (χ1v) is 6.99. The van der Waals surface area contributed by atoms with Crippen molar-refractivity contribution in [3.05, 3.63) is 17.6 Å². The number of nitrogens with two attached hydrogens (primary N) is 1. The van der Waals surface area contributed by atoms with Crippen LogP contribution in [0, 0.1) is 0 Å². The van der Waals surface area contributed by atoms with Gasteiger partial charge in [-0.1, -0.05) is 12.8 Å². The first kappa shape index (κ1) is 14.2. The molecule has 1 saturated carbocycles. The fourth-order valence-electron chi connectivity index (χ4n) is 2.49. The average Bonchev–Trinajstić information content (AvgIpc) is 2.92. The number of hydrogen-bond donors (Lipinski definition) is 1. The minimum absolute atomic E-state index is 0.568. The molecule has 0 unspecified atom stereocenters. The molecule has 1 aromatic rings. The monoisotopic (exact) mass is 265 g/mol. The standard InChI is InChI=1S/C14H23N3O2/c1-18-8-9-19-7-6-14-16-12(10-13(15)17-14)11-4-2-3-5-11/h10-11H,2-9H2,1H3,(H2,15,16,17). The maximum absolute atomic E-state index is 5.87. The van der Waals surface area contributed by atoms with Crippen LogP contribution >= 0.6 is 0 Å². The van der Waals surface area contributed by atoms with Gasteiger partial charge < -0.3 is 15.2 Å². The van der Waals surface area contributed by atoms with Crippen molar-refractivity contribution >= 4 is 5.82 Å². The minimum atomic E-state index is 0.568. The normalized spacial score (nSPS) is 16.1. The average molecular weight is 265 g/mol. The zero-order chi connectivity index (χ0) is 13.5. The zero-order valence-electron chi connectivity index (χ0n) is 11.6. The summed E-state index contributed by atoms with van der Waals surface area (Å²) in [5.41, 5.74) is 6.98. The summed E-state index contributed by atoms with van der Waals surface area (Å²) in [4.78, 5) is 8.91. The molecule has 2 rings (SSSR count). The molecule has 19 heavy (non-hydrogen) atoms. The van der Waals surface area contributed by atoms with Crippen molar-refractivity contribution in [1.82, 2.24) is 9.97 Å². The van der Waals surface area contributed by atoms with Gasteiger partial charge >= 0.3 is 0 Å². The first-order chi connectivity index (χ1) is 9.29. The van der Waals surface area contributed by atoms with E-state index in [-0.39, 0.29) is 0 Å². The van der Waals surface area contributed by atoms with Crippen LogP contribution < -0.4 is 5.73 Å². The third-order valence-electron chi connectivity index (χ3n) is 3.49. The third kappa shape index (κ3) is 4.44. The second-order valence-electron chi connectivity index (χ2n) is 4.97. The molecular weight excluding hydrogens is 242 g/mol.